The molecule has 2 N–H and O–H groups in total. The van der Waals surface area contributed by atoms with E-state index in [4.69, 9.17) is 9.84 Å². The summed E-state index contributed by atoms with van der Waals surface area (Å²) in [6.07, 6.45) is 0.161. The second kappa shape index (κ2) is 6.43. The second-order valence-corrected chi connectivity index (χ2v) is 5.78. The van der Waals surface area contributed by atoms with Crippen LogP contribution in [0.2, 0.25) is 0 Å². The van der Waals surface area contributed by atoms with Crippen molar-refractivity contribution in [2.45, 2.75) is 26.5 Å². The van der Waals surface area contributed by atoms with Crippen molar-refractivity contribution in [3.8, 4) is 5.75 Å². The zero-order valence-corrected chi connectivity index (χ0v) is 12.2. The van der Waals surface area contributed by atoms with Crippen LogP contribution >= 0.6 is 11.3 Å². The number of hydrogen-bond donors (Lipinski definition) is 2. The predicted molar refractivity (Wildman–Crippen MR) is 80.8 cm³/mol. The fraction of sp³-hybridized carbons (Fsp3) is 0.267. The van der Waals surface area contributed by atoms with Gasteiger partial charge in [0.15, 0.2) is 0 Å². The van der Waals surface area contributed by atoms with Crippen LogP contribution in [0.15, 0.2) is 36.4 Å². The summed E-state index contributed by atoms with van der Waals surface area (Å²) in [6.45, 7) is 4.59. The standard InChI is InChI=1S/C15H17NO3S/c1-10(2)19-12-5-3-11(4-6-12)16-9-13-7-8-14(20-13)15(17)18/h3-8,10,16H,9H2,1-2H3,(H,17,18). The minimum Gasteiger partial charge on any atom is -0.491 e. The topological polar surface area (TPSA) is 58.6 Å². The van der Waals surface area contributed by atoms with E-state index in [0.29, 0.717) is 11.4 Å². The Labute approximate surface area is 122 Å². The fourth-order valence-corrected chi connectivity index (χ4v) is 2.49. The molecule has 0 unspecified atom stereocenters. The SMILES string of the molecule is CC(C)Oc1ccc(NCc2ccc(C(=O)O)s2)cc1. The van der Waals surface area contributed by atoms with E-state index >= 15 is 0 Å². The van der Waals surface area contributed by atoms with Crippen molar-refractivity contribution in [3.05, 3.63) is 46.2 Å². The highest BCUT2D eigenvalue weighted by molar-refractivity contribution is 7.13. The van der Waals surface area contributed by atoms with Gasteiger partial charge in [-0.05, 0) is 50.2 Å². The molecule has 0 spiro atoms. The van der Waals surface area contributed by atoms with Gasteiger partial charge in [-0.3, -0.25) is 0 Å². The molecule has 1 heterocycles. The fourth-order valence-electron chi connectivity index (χ4n) is 1.70. The van der Waals surface area contributed by atoms with Gasteiger partial charge >= 0.3 is 5.97 Å². The molecular formula is C15H17NO3S. The van der Waals surface area contributed by atoms with Gasteiger partial charge in [0.1, 0.15) is 10.6 Å². The summed E-state index contributed by atoms with van der Waals surface area (Å²) < 4.78 is 5.57. The third kappa shape index (κ3) is 3.99. The van der Waals surface area contributed by atoms with Gasteiger partial charge in [-0.15, -0.1) is 11.3 Å². The van der Waals surface area contributed by atoms with Gasteiger partial charge in [-0.1, -0.05) is 0 Å². The van der Waals surface area contributed by atoms with Gasteiger partial charge in [-0.2, -0.15) is 0 Å². The van der Waals surface area contributed by atoms with Crippen molar-refractivity contribution >= 4 is 23.0 Å². The molecule has 0 bridgehead atoms. The molecule has 0 aliphatic heterocycles. The van der Waals surface area contributed by atoms with Gasteiger partial charge in [0.25, 0.3) is 0 Å². The molecule has 5 heteroatoms. The molecule has 0 aliphatic rings. The summed E-state index contributed by atoms with van der Waals surface area (Å²) in [4.78, 5) is 12.1. The summed E-state index contributed by atoms with van der Waals surface area (Å²) in [7, 11) is 0. The number of rotatable bonds is 6. The average molecular weight is 291 g/mol. The van der Waals surface area contributed by atoms with Crippen molar-refractivity contribution in [2.75, 3.05) is 5.32 Å². The summed E-state index contributed by atoms with van der Waals surface area (Å²) in [6, 6.07) is 11.2. The lowest BCUT2D eigenvalue weighted by Crippen LogP contribution is -2.05. The summed E-state index contributed by atoms with van der Waals surface area (Å²) in [5.74, 6) is -0.0359. The van der Waals surface area contributed by atoms with Crippen molar-refractivity contribution < 1.29 is 14.6 Å². The number of thiophene rings is 1. The Kier molecular flexibility index (Phi) is 4.63. The van der Waals surface area contributed by atoms with Gasteiger partial charge < -0.3 is 15.2 Å². The van der Waals surface area contributed by atoms with Crippen LogP contribution in [0.3, 0.4) is 0 Å². The normalized spacial score (nSPS) is 10.6. The zero-order chi connectivity index (χ0) is 14.5. The quantitative estimate of drug-likeness (QED) is 0.849. The van der Waals surface area contributed by atoms with Gasteiger partial charge in [0, 0.05) is 17.1 Å². The molecule has 106 valence electrons. The van der Waals surface area contributed by atoms with E-state index in [1.165, 1.54) is 11.3 Å². The van der Waals surface area contributed by atoms with Gasteiger partial charge in [-0.25, -0.2) is 4.79 Å². The zero-order valence-electron chi connectivity index (χ0n) is 11.4. The molecule has 0 saturated carbocycles. The van der Waals surface area contributed by atoms with Crippen LogP contribution in [-0.4, -0.2) is 17.2 Å². The first kappa shape index (κ1) is 14.4. The van der Waals surface area contributed by atoms with E-state index in [9.17, 15) is 4.79 Å². The molecular weight excluding hydrogens is 274 g/mol. The van der Waals surface area contributed by atoms with E-state index < -0.39 is 5.97 Å². The maximum atomic E-state index is 10.8. The number of carboxylic acids is 1. The number of hydrogen-bond acceptors (Lipinski definition) is 4. The summed E-state index contributed by atoms with van der Waals surface area (Å²) in [5.41, 5.74) is 0.978. The van der Waals surface area contributed by atoms with Gasteiger partial charge in [0.2, 0.25) is 0 Å². The van der Waals surface area contributed by atoms with E-state index in [2.05, 4.69) is 5.32 Å². The van der Waals surface area contributed by atoms with Crippen LogP contribution < -0.4 is 10.1 Å². The predicted octanol–water partition coefficient (Wildman–Crippen LogP) is 3.85. The van der Waals surface area contributed by atoms with Crippen molar-refractivity contribution in [1.82, 2.24) is 0 Å². The lowest BCUT2D eigenvalue weighted by atomic mass is 10.3. The molecule has 0 aliphatic carbocycles. The number of carboxylic acid groups (broad SMARTS) is 1. The Morgan fingerprint density at radius 3 is 2.50 bits per heavy atom. The molecule has 0 radical (unpaired) electrons. The molecule has 4 nitrogen and oxygen atoms in total. The first-order valence-electron chi connectivity index (χ1n) is 6.37. The molecule has 1 aromatic heterocycles. The maximum Gasteiger partial charge on any atom is 0.345 e. The Balaban J connectivity index is 1.91. The maximum absolute atomic E-state index is 10.8. The van der Waals surface area contributed by atoms with Gasteiger partial charge in [0.05, 0.1) is 6.10 Å². The van der Waals surface area contributed by atoms with Crippen LogP contribution in [-0.2, 0) is 6.54 Å². The van der Waals surface area contributed by atoms with E-state index in [1.54, 1.807) is 6.07 Å². The van der Waals surface area contributed by atoms with E-state index in [-0.39, 0.29) is 6.10 Å². The smallest absolute Gasteiger partial charge is 0.345 e. The van der Waals surface area contributed by atoms with Crippen LogP contribution in [0.1, 0.15) is 28.4 Å². The first-order chi connectivity index (χ1) is 9.54. The minimum atomic E-state index is -0.878. The molecule has 2 rings (SSSR count). The lowest BCUT2D eigenvalue weighted by Gasteiger charge is -2.10. The number of anilines is 1. The largest absolute Gasteiger partial charge is 0.491 e. The van der Waals surface area contributed by atoms with Crippen LogP contribution in [0.5, 0.6) is 5.75 Å². The number of aromatic carboxylic acids is 1. The van der Waals surface area contributed by atoms with Crippen LogP contribution in [0.4, 0.5) is 5.69 Å². The first-order valence-corrected chi connectivity index (χ1v) is 7.19. The van der Waals surface area contributed by atoms with Crippen molar-refractivity contribution in [1.29, 1.82) is 0 Å². The number of benzene rings is 1. The van der Waals surface area contributed by atoms with Crippen LogP contribution in [0, 0.1) is 0 Å². The number of ether oxygens (including phenoxy) is 1. The Morgan fingerprint density at radius 2 is 1.95 bits per heavy atom. The number of carbonyl (C=O) groups is 1. The van der Waals surface area contributed by atoms with Crippen molar-refractivity contribution in [3.63, 3.8) is 0 Å². The highest BCUT2D eigenvalue weighted by Gasteiger charge is 2.06. The third-order valence-electron chi connectivity index (χ3n) is 2.57. The highest BCUT2D eigenvalue weighted by Crippen LogP contribution is 2.20. The number of nitrogens with one attached hydrogen (secondary N) is 1. The molecule has 0 amide bonds. The van der Waals surface area contributed by atoms with Crippen molar-refractivity contribution in [2.24, 2.45) is 0 Å². The van der Waals surface area contributed by atoms with E-state index in [0.717, 1.165) is 16.3 Å². The molecule has 0 fully saturated rings. The molecule has 0 saturated heterocycles. The second-order valence-electron chi connectivity index (χ2n) is 4.62. The Morgan fingerprint density at radius 1 is 1.25 bits per heavy atom. The lowest BCUT2D eigenvalue weighted by molar-refractivity contribution is 0.0702. The van der Waals surface area contributed by atoms with E-state index in [1.807, 2.05) is 44.2 Å². The molecule has 1 aromatic carbocycles. The third-order valence-corrected chi connectivity index (χ3v) is 3.64. The summed E-state index contributed by atoms with van der Waals surface area (Å²) in [5, 5.41) is 12.1. The Bertz CT molecular complexity index is 575. The average Bonchev–Trinajstić information content (AvgIpc) is 2.86. The van der Waals surface area contributed by atoms with Crippen LogP contribution in [0.25, 0.3) is 0 Å². The minimum absolute atomic E-state index is 0.161. The Hall–Kier alpha value is -2.01. The molecule has 20 heavy (non-hydrogen) atoms. The monoisotopic (exact) mass is 291 g/mol. The molecule has 2 aromatic rings. The summed E-state index contributed by atoms with van der Waals surface area (Å²) >= 11 is 1.29. The highest BCUT2D eigenvalue weighted by atomic mass is 32.1. The molecule has 0 atom stereocenters.